The number of hydrogen-bond donors (Lipinski definition) is 1. The summed E-state index contributed by atoms with van der Waals surface area (Å²) in [6, 6.07) is 6.45. The number of hydrogen-bond acceptors (Lipinski definition) is 7. The second-order valence-electron chi connectivity index (χ2n) is 6.92. The molecule has 180 valence electrons. The summed E-state index contributed by atoms with van der Waals surface area (Å²) in [7, 11) is 2.81. The molecule has 2 aromatic heterocycles. The van der Waals surface area contributed by atoms with Crippen molar-refractivity contribution < 1.29 is 23.4 Å². The molecule has 0 fully saturated rings. The third-order valence-corrected chi connectivity index (χ3v) is 5.36. The van der Waals surface area contributed by atoms with Gasteiger partial charge in [-0.1, -0.05) is 15.9 Å². The number of nitrogens with zero attached hydrogens (tertiary/aromatic N) is 6. The van der Waals surface area contributed by atoms with Gasteiger partial charge in [-0.05, 0) is 38.1 Å². The van der Waals surface area contributed by atoms with Crippen molar-refractivity contribution in [1.29, 1.82) is 0 Å². The Balaban J connectivity index is 0.000000191. The maximum absolute atomic E-state index is 14.0. The van der Waals surface area contributed by atoms with E-state index in [1.54, 1.807) is 43.1 Å². The molecule has 34 heavy (non-hydrogen) atoms. The lowest BCUT2D eigenvalue weighted by Crippen LogP contribution is -2.04. The Morgan fingerprint density at radius 1 is 0.824 bits per heavy atom. The van der Waals surface area contributed by atoms with Crippen LogP contribution in [0.2, 0.25) is 0 Å². The maximum atomic E-state index is 14.0. The molecule has 0 aliphatic carbocycles. The minimum absolute atomic E-state index is 0.0923. The number of ether oxygens (including phenoxy) is 2. The predicted octanol–water partition coefficient (Wildman–Crippen LogP) is 3.83. The molecule has 0 bridgehead atoms. The lowest BCUT2D eigenvalue weighted by molar-refractivity contribution is 0.272. The molecule has 0 spiro atoms. The molecule has 0 amide bonds. The van der Waals surface area contributed by atoms with Crippen LogP contribution in [0.3, 0.4) is 0 Å². The fraction of sp³-hybridized carbons (Fsp3) is 0.273. The van der Waals surface area contributed by atoms with Gasteiger partial charge < -0.3 is 14.6 Å². The second kappa shape index (κ2) is 11.2. The van der Waals surface area contributed by atoms with Crippen LogP contribution in [0.5, 0.6) is 11.5 Å². The fourth-order valence-corrected chi connectivity index (χ4v) is 3.66. The average molecular weight is 537 g/mol. The van der Waals surface area contributed by atoms with Crippen molar-refractivity contribution in [3.63, 3.8) is 0 Å². The Morgan fingerprint density at radius 3 is 1.62 bits per heavy atom. The van der Waals surface area contributed by atoms with E-state index in [2.05, 4.69) is 36.1 Å². The van der Waals surface area contributed by atoms with E-state index in [0.29, 0.717) is 33.9 Å². The zero-order chi connectivity index (χ0) is 24.8. The molecular weight excluding hydrogens is 514 g/mol. The molecule has 0 radical (unpaired) electrons. The van der Waals surface area contributed by atoms with Crippen LogP contribution >= 0.6 is 15.9 Å². The summed E-state index contributed by atoms with van der Waals surface area (Å²) in [5.74, 6) is 0.567. The van der Waals surface area contributed by atoms with Gasteiger partial charge in [-0.15, -0.1) is 0 Å². The van der Waals surface area contributed by atoms with E-state index in [1.807, 2.05) is 0 Å². The van der Waals surface area contributed by atoms with Crippen molar-refractivity contribution in [3.05, 3.63) is 71.3 Å². The predicted molar refractivity (Wildman–Crippen MR) is 124 cm³/mol. The van der Waals surface area contributed by atoms with Crippen LogP contribution in [0.15, 0.2) is 36.9 Å². The van der Waals surface area contributed by atoms with E-state index < -0.39 is 12.4 Å². The third-order valence-electron chi connectivity index (χ3n) is 4.80. The summed E-state index contributed by atoms with van der Waals surface area (Å²) < 4.78 is 40.7. The number of methoxy groups -OCH3 is 2. The van der Waals surface area contributed by atoms with Gasteiger partial charge in [-0.25, -0.2) is 28.1 Å². The van der Waals surface area contributed by atoms with E-state index in [1.165, 1.54) is 31.3 Å². The molecule has 0 aliphatic rings. The topological polar surface area (TPSA) is 100 Å². The summed E-state index contributed by atoms with van der Waals surface area (Å²) in [5.41, 5.74) is 1.73. The first-order chi connectivity index (χ1) is 16.3. The highest BCUT2D eigenvalue weighted by molar-refractivity contribution is 9.08. The minimum Gasteiger partial charge on any atom is -0.494 e. The van der Waals surface area contributed by atoms with Gasteiger partial charge in [0.25, 0.3) is 0 Å². The molecule has 4 rings (SSSR count). The molecule has 1 N–H and O–H groups in total. The van der Waals surface area contributed by atoms with Crippen molar-refractivity contribution in [2.75, 3.05) is 14.2 Å². The van der Waals surface area contributed by atoms with E-state index in [9.17, 15) is 13.9 Å². The highest BCUT2D eigenvalue weighted by Gasteiger charge is 2.16. The van der Waals surface area contributed by atoms with Crippen LogP contribution in [0, 0.1) is 25.5 Å². The molecule has 2 heterocycles. The van der Waals surface area contributed by atoms with Gasteiger partial charge in [0, 0.05) is 16.5 Å². The summed E-state index contributed by atoms with van der Waals surface area (Å²) in [6.07, 6.45) is 3.03. The lowest BCUT2D eigenvalue weighted by atomic mass is 10.1. The number of halogens is 3. The van der Waals surface area contributed by atoms with E-state index >= 15 is 0 Å². The number of alkyl halides is 1. The number of aryl methyl sites for hydroxylation is 2. The van der Waals surface area contributed by atoms with Gasteiger partial charge in [0.1, 0.15) is 24.3 Å². The van der Waals surface area contributed by atoms with Crippen LogP contribution in [-0.2, 0) is 11.9 Å². The first kappa shape index (κ1) is 25.2. The van der Waals surface area contributed by atoms with Crippen LogP contribution in [0.25, 0.3) is 11.4 Å². The first-order valence-corrected chi connectivity index (χ1v) is 11.1. The molecule has 2 aromatic carbocycles. The maximum Gasteiger partial charge on any atom is 0.172 e. The molecule has 0 aliphatic heterocycles. The van der Waals surface area contributed by atoms with Crippen molar-refractivity contribution >= 4 is 15.9 Å². The first-order valence-electron chi connectivity index (χ1n) is 9.99. The van der Waals surface area contributed by atoms with E-state index in [-0.39, 0.29) is 22.9 Å². The summed E-state index contributed by atoms with van der Waals surface area (Å²) in [6.45, 7) is 3.08. The summed E-state index contributed by atoms with van der Waals surface area (Å²) in [4.78, 5) is 7.98. The van der Waals surface area contributed by atoms with Crippen molar-refractivity contribution in [2.45, 2.75) is 25.8 Å². The average Bonchev–Trinajstić information content (AvgIpc) is 3.47. The molecule has 0 unspecified atom stereocenters. The van der Waals surface area contributed by atoms with Crippen LogP contribution < -0.4 is 9.47 Å². The molecule has 0 saturated carbocycles. The Bertz CT molecular complexity index is 1180. The SMILES string of the molecule is COc1ccc(-n2cnc(C)n2)c(CBr)c1F.COc1ccc(-n2cnc(C)n2)c(CO)c1F. The number of aromatic nitrogens is 6. The molecule has 9 nitrogen and oxygen atoms in total. The number of aliphatic hydroxyl groups excluding tert-OH is 1. The van der Waals surface area contributed by atoms with E-state index in [4.69, 9.17) is 9.47 Å². The Kier molecular flexibility index (Phi) is 8.29. The van der Waals surface area contributed by atoms with Crippen molar-refractivity contribution in [2.24, 2.45) is 0 Å². The molecule has 12 heteroatoms. The highest BCUT2D eigenvalue weighted by atomic mass is 79.9. The smallest absolute Gasteiger partial charge is 0.172 e. The largest absolute Gasteiger partial charge is 0.494 e. The zero-order valence-corrected chi connectivity index (χ0v) is 20.5. The fourth-order valence-electron chi connectivity index (χ4n) is 3.12. The second-order valence-corrected chi connectivity index (χ2v) is 7.48. The van der Waals surface area contributed by atoms with Gasteiger partial charge in [0.05, 0.1) is 32.2 Å². The molecular formula is C22H23BrF2N6O3. The molecule has 4 aromatic rings. The quantitative estimate of drug-likeness (QED) is 0.373. The zero-order valence-electron chi connectivity index (χ0n) is 19.0. The van der Waals surface area contributed by atoms with Gasteiger partial charge in [-0.3, -0.25) is 0 Å². The van der Waals surface area contributed by atoms with E-state index in [0.717, 1.165) is 0 Å². The standard InChI is InChI=1S/C11H11BrFN3O.C11H12FN3O2/c1-7-14-6-16(15-7)9-3-4-10(17-2)11(13)8(9)5-12;1-7-13-6-15(14-7)9-3-4-10(17-2)11(12)8(9)5-16/h3-4,6H,5H2,1-2H3;3-4,6,16H,5H2,1-2H3. The van der Waals surface area contributed by atoms with Crippen molar-refractivity contribution in [1.82, 2.24) is 29.5 Å². The monoisotopic (exact) mass is 536 g/mol. The van der Waals surface area contributed by atoms with Gasteiger partial charge in [0.15, 0.2) is 23.1 Å². The number of benzene rings is 2. The minimum atomic E-state index is -0.583. The van der Waals surface area contributed by atoms with Gasteiger partial charge >= 0.3 is 0 Å². The van der Waals surface area contributed by atoms with Gasteiger partial charge in [0.2, 0.25) is 0 Å². The van der Waals surface area contributed by atoms with Crippen molar-refractivity contribution in [3.8, 4) is 22.9 Å². The lowest BCUT2D eigenvalue weighted by Gasteiger charge is -2.10. The Hall–Kier alpha value is -3.38. The third kappa shape index (κ3) is 5.23. The number of aliphatic hydroxyl groups is 1. The normalized spacial score (nSPS) is 10.6. The Labute approximate surface area is 203 Å². The Morgan fingerprint density at radius 2 is 1.26 bits per heavy atom. The number of rotatable bonds is 6. The molecule has 0 atom stereocenters. The highest BCUT2D eigenvalue weighted by Crippen LogP contribution is 2.28. The van der Waals surface area contributed by atoms with Gasteiger partial charge in [-0.2, -0.15) is 10.2 Å². The molecule has 0 saturated heterocycles. The summed E-state index contributed by atoms with van der Waals surface area (Å²) in [5, 5.41) is 17.8. The van der Waals surface area contributed by atoms with Crippen LogP contribution in [0.4, 0.5) is 8.78 Å². The van der Waals surface area contributed by atoms with Crippen LogP contribution in [0.1, 0.15) is 22.8 Å². The summed E-state index contributed by atoms with van der Waals surface area (Å²) >= 11 is 3.27. The van der Waals surface area contributed by atoms with Crippen LogP contribution in [-0.4, -0.2) is 48.9 Å².